The largest absolute Gasteiger partial charge is 0.481 e. The molecule has 1 amide bonds. The van der Waals surface area contributed by atoms with E-state index in [0.717, 1.165) is 44.9 Å². The second-order valence-electron chi connectivity index (χ2n) is 8.38. The zero-order valence-electron chi connectivity index (χ0n) is 17.3. The maximum atomic E-state index is 13.7. The first-order chi connectivity index (χ1) is 15.0. The molecule has 1 aliphatic carbocycles. The first-order valence-corrected chi connectivity index (χ1v) is 10.9. The van der Waals surface area contributed by atoms with Crippen LogP contribution in [0.4, 0.5) is 5.69 Å². The standard InChI is InChI=1S/C24H26N2O5/c27-23-18-13-7-6-12-17(18)21(24(28)29)22(19-14-8-9-15-20(19)26(30)31)25(23)16-10-4-2-1-3-5-11-16/h6-9,12-16,21-22H,1-5,10-11H2,(H,28,29)/t21-,22+/m1/s1. The highest BCUT2D eigenvalue weighted by Crippen LogP contribution is 2.47. The first-order valence-electron chi connectivity index (χ1n) is 10.9. The van der Waals surface area contributed by atoms with Gasteiger partial charge < -0.3 is 10.0 Å². The van der Waals surface area contributed by atoms with Crippen molar-refractivity contribution in [1.29, 1.82) is 0 Å². The number of amides is 1. The molecular formula is C24H26N2O5. The van der Waals surface area contributed by atoms with Gasteiger partial charge in [-0.1, -0.05) is 68.5 Å². The third-order valence-electron chi connectivity index (χ3n) is 6.56. The smallest absolute Gasteiger partial charge is 0.313 e. The quantitative estimate of drug-likeness (QED) is 0.547. The monoisotopic (exact) mass is 422 g/mol. The Morgan fingerprint density at radius 1 is 0.935 bits per heavy atom. The minimum Gasteiger partial charge on any atom is -0.481 e. The minimum atomic E-state index is -1.08. The second kappa shape index (κ2) is 8.88. The summed E-state index contributed by atoms with van der Waals surface area (Å²) in [6, 6.07) is 11.9. The summed E-state index contributed by atoms with van der Waals surface area (Å²) < 4.78 is 0. The number of hydrogen-bond acceptors (Lipinski definition) is 4. The highest BCUT2D eigenvalue weighted by molar-refractivity contribution is 6.00. The summed E-state index contributed by atoms with van der Waals surface area (Å²) in [5.74, 6) is -2.39. The topological polar surface area (TPSA) is 101 Å². The van der Waals surface area contributed by atoms with E-state index in [4.69, 9.17) is 0 Å². The molecule has 1 fully saturated rings. The summed E-state index contributed by atoms with van der Waals surface area (Å²) in [7, 11) is 0. The number of aliphatic carboxylic acids is 1. The van der Waals surface area contributed by atoms with Crippen LogP contribution in [0, 0.1) is 10.1 Å². The molecule has 2 aromatic carbocycles. The van der Waals surface area contributed by atoms with Gasteiger partial charge in [0, 0.05) is 17.7 Å². The second-order valence-corrected chi connectivity index (χ2v) is 8.38. The number of benzene rings is 2. The van der Waals surface area contributed by atoms with E-state index >= 15 is 0 Å². The fraction of sp³-hybridized carbons (Fsp3) is 0.417. The number of fused-ring (bicyclic) bond motifs is 1. The number of carboxylic acid groups (broad SMARTS) is 1. The maximum Gasteiger partial charge on any atom is 0.313 e. The molecule has 0 aromatic heterocycles. The summed E-state index contributed by atoms with van der Waals surface area (Å²) in [6.07, 6.45) is 6.78. The predicted octanol–water partition coefficient (Wildman–Crippen LogP) is 5.07. The number of rotatable bonds is 4. The average Bonchev–Trinajstić information content (AvgIpc) is 2.74. The van der Waals surface area contributed by atoms with Crippen LogP contribution in [-0.4, -0.2) is 32.8 Å². The van der Waals surface area contributed by atoms with Gasteiger partial charge in [-0.2, -0.15) is 0 Å². The van der Waals surface area contributed by atoms with E-state index < -0.39 is 22.9 Å². The van der Waals surface area contributed by atoms with Crippen LogP contribution < -0.4 is 0 Å². The Morgan fingerprint density at radius 3 is 2.16 bits per heavy atom. The average molecular weight is 422 g/mol. The van der Waals surface area contributed by atoms with Crippen molar-refractivity contribution in [2.75, 3.05) is 0 Å². The van der Waals surface area contributed by atoms with Gasteiger partial charge in [-0.3, -0.25) is 19.7 Å². The summed E-state index contributed by atoms with van der Waals surface area (Å²) in [5, 5.41) is 22.0. The lowest BCUT2D eigenvalue weighted by molar-refractivity contribution is -0.386. The van der Waals surface area contributed by atoms with E-state index in [0.29, 0.717) is 11.1 Å². The number of nitro groups is 1. The van der Waals surface area contributed by atoms with Gasteiger partial charge in [0.05, 0.1) is 16.5 Å². The molecule has 1 heterocycles. The molecule has 0 unspecified atom stereocenters. The zero-order valence-corrected chi connectivity index (χ0v) is 17.3. The van der Waals surface area contributed by atoms with Gasteiger partial charge in [0.15, 0.2) is 0 Å². The van der Waals surface area contributed by atoms with Crippen LogP contribution in [0.25, 0.3) is 0 Å². The molecule has 4 rings (SSSR count). The Hall–Kier alpha value is -3.22. The molecule has 0 spiro atoms. The molecular weight excluding hydrogens is 396 g/mol. The predicted molar refractivity (Wildman–Crippen MR) is 115 cm³/mol. The van der Waals surface area contributed by atoms with Gasteiger partial charge in [0.25, 0.3) is 11.6 Å². The van der Waals surface area contributed by atoms with Crippen molar-refractivity contribution in [3.63, 3.8) is 0 Å². The maximum absolute atomic E-state index is 13.7. The van der Waals surface area contributed by atoms with E-state index in [1.54, 1.807) is 47.4 Å². The summed E-state index contributed by atoms with van der Waals surface area (Å²) >= 11 is 0. The number of carboxylic acids is 1. The van der Waals surface area contributed by atoms with Gasteiger partial charge in [-0.15, -0.1) is 0 Å². The first kappa shape index (κ1) is 21.0. The lowest BCUT2D eigenvalue weighted by Gasteiger charge is -2.45. The third-order valence-corrected chi connectivity index (χ3v) is 6.56. The Labute approximate surface area is 180 Å². The fourth-order valence-electron chi connectivity index (χ4n) is 5.17. The summed E-state index contributed by atoms with van der Waals surface area (Å²) in [4.78, 5) is 39.2. The Morgan fingerprint density at radius 2 is 1.52 bits per heavy atom. The van der Waals surface area contributed by atoms with E-state index in [2.05, 4.69) is 0 Å². The molecule has 162 valence electrons. The van der Waals surface area contributed by atoms with Crippen LogP contribution in [0.2, 0.25) is 0 Å². The number of para-hydroxylation sites is 1. The van der Waals surface area contributed by atoms with Gasteiger partial charge >= 0.3 is 5.97 Å². The molecule has 0 bridgehead atoms. The molecule has 7 heteroatoms. The minimum absolute atomic E-state index is 0.146. The Balaban J connectivity index is 1.92. The van der Waals surface area contributed by atoms with Crippen molar-refractivity contribution in [2.24, 2.45) is 0 Å². The number of hydrogen-bond donors (Lipinski definition) is 1. The van der Waals surface area contributed by atoms with Crippen LogP contribution in [-0.2, 0) is 4.79 Å². The Kier molecular flexibility index (Phi) is 6.02. The zero-order chi connectivity index (χ0) is 22.0. The van der Waals surface area contributed by atoms with Crippen molar-refractivity contribution >= 4 is 17.6 Å². The normalized spacial score (nSPS) is 22.3. The summed E-state index contributed by atoms with van der Waals surface area (Å²) in [6.45, 7) is 0. The van der Waals surface area contributed by atoms with E-state index in [9.17, 15) is 24.8 Å². The molecule has 1 aliphatic heterocycles. The van der Waals surface area contributed by atoms with Crippen molar-refractivity contribution in [3.8, 4) is 0 Å². The van der Waals surface area contributed by atoms with Crippen LogP contribution in [0.5, 0.6) is 0 Å². The van der Waals surface area contributed by atoms with Crippen LogP contribution in [0.1, 0.15) is 78.4 Å². The molecule has 1 N–H and O–H groups in total. The lowest BCUT2D eigenvalue weighted by Crippen LogP contribution is -2.50. The van der Waals surface area contributed by atoms with Crippen LogP contribution >= 0.6 is 0 Å². The molecule has 2 aromatic rings. The molecule has 0 radical (unpaired) electrons. The van der Waals surface area contributed by atoms with E-state index in [1.807, 2.05) is 0 Å². The number of carbonyl (C=O) groups is 2. The molecule has 1 saturated carbocycles. The number of nitrogens with zero attached hydrogens (tertiary/aromatic N) is 2. The van der Waals surface area contributed by atoms with Gasteiger partial charge in [-0.25, -0.2) is 0 Å². The van der Waals surface area contributed by atoms with Gasteiger partial charge in [0.2, 0.25) is 0 Å². The Bertz CT molecular complexity index is 997. The number of carbonyl (C=O) groups excluding carboxylic acids is 1. The van der Waals surface area contributed by atoms with Crippen molar-refractivity contribution in [1.82, 2.24) is 4.90 Å². The molecule has 31 heavy (non-hydrogen) atoms. The summed E-state index contributed by atoms with van der Waals surface area (Å²) in [5.41, 5.74) is 0.934. The van der Waals surface area contributed by atoms with Crippen molar-refractivity contribution in [2.45, 2.75) is 62.9 Å². The van der Waals surface area contributed by atoms with Gasteiger partial charge in [-0.05, 0) is 24.5 Å². The molecule has 2 atom stereocenters. The van der Waals surface area contributed by atoms with Crippen molar-refractivity contribution in [3.05, 3.63) is 75.3 Å². The highest BCUT2D eigenvalue weighted by Gasteiger charge is 2.48. The van der Waals surface area contributed by atoms with Crippen LogP contribution in [0.15, 0.2) is 48.5 Å². The van der Waals surface area contributed by atoms with E-state index in [-0.39, 0.29) is 23.2 Å². The fourth-order valence-corrected chi connectivity index (χ4v) is 5.17. The molecule has 7 nitrogen and oxygen atoms in total. The molecule has 0 saturated heterocycles. The van der Waals surface area contributed by atoms with E-state index in [1.165, 1.54) is 6.07 Å². The molecule has 2 aliphatic rings. The third kappa shape index (κ3) is 3.92. The van der Waals surface area contributed by atoms with Crippen molar-refractivity contribution < 1.29 is 19.6 Å². The lowest BCUT2D eigenvalue weighted by atomic mass is 9.77. The SMILES string of the molecule is O=C(O)[C@@H]1c2ccccc2C(=O)N(C2CCCCCCC2)[C@H]1c1ccccc1[N+](=O)[O-]. The van der Waals surface area contributed by atoms with Crippen LogP contribution in [0.3, 0.4) is 0 Å². The van der Waals surface area contributed by atoms with Gasteiger partial charge in [0.1, 0.15) is 5.92 Å². The number of nitro benzene ring substituents is 1. The highest BCUT2D eigenvalue weighted by atomic mass is 16.6.